The summed E-state index contributed by atoms with van der Waals surface area (Å²) in [4.78, 5) is 0. The summed E-state index contributed by atoms with van der Waals surface area (Å²) in [6.07, 6.45) is 0. The Labute approximate surface area is 80.5 Å². The van der Waals surface area contributed by atoms with Crippen molar-refractivity contribution >= 4 is 8.32 Å². The maximum atomic E-state index is 5.80. The first kappa shape index (κ1) is 9.80. The van der Waals surface area contributed by atoms with Crippen molar-refractivity contribution < 1.29 is 4.43 Å². The molecule has 0 aliphatic rings. The van der Waals surface area contributed by atoms with Gasteiger partial charge in [-0.15, -0.1) is 13.2 Å². The van der Waals surface area contributed by atoms with Gasteiger partial charge < -0.3 is 4.43 Å². The predicted octanol–water partition coefficient (Wildman–Crippen LogP) is 3.09. The van der Waals surface area contributed by atoms with Crippen molar-refractivity contribution in [3.05, 3.63) is 54.9 Å². The highest BCUT2D eigenvalue weighted by molar-refractivity contribution is 6.82. The van der Waals surface area contributed by atoms with Gasteiger partial charge in [-0.25, -0.2) is 0 Å². The van der Waals surface area contributed by atoms with Crippen LogP contribution in [-0.4, -0.2) is 8.32 Å². The first-order chi connectivity index (χ1) is 6.20. The smallest absolute Gasteiger partial charge is 0.296 e. The van der Waals surface area contributed by atoms with E-state index in [0.717, 1.165) is 5.75 Å². The van der Waals surface area contributed by atoms with Crippen molar-refractivity contribution in [3.8, 4) is 5.75 Å². The molecule has 68 valence electrons. The molecular formula is C11H14OSi. The van der Waals surface area contributed by atoms with E-state index >= 15 is 0 Å². The van der Waals surface area contributed by atoms with Crippen molar-refractivity contribution in [3.63, 3.8) is 0 Å². The van der Waals surface area contributed by atoms with E-state index in [0.29, 0.717) is 0 Å². The Balaban J connectivity index is 2.79. The largest absolute Gasteiger partial charge is 0.536 e. The molecule has 0 bridgehead atoms. The molecule has 0 aliphatic heterocycles. The number of rotatable bonds is 4. The minimum atomic E-state index is -1.91. The predicted molar refractivity (Wildman–Crippen MR) is 59.1 cm³/mol. The van der Waals surface area contributed by atoms with Gasteiger partial charge in [0, 0.05) is 0 Å². The van der Waals surface area contributed by atoms with E-state index in [1.807, 2.05) is 41.7 Å². The first-order valence-corrected chi connectivity index (χ1v) is 6.78. The molecule has 0 unspecified atom stereocenters. The third-order valence-corrected chi connectivity index (χ3v) is 4.19. The molecule has 0 saturated carbocycles. The Hall–Kier alpha value is -1.28. The quantitative estimate of drug-likeness (QED) is 0.663. The lowest BCUT2D eigenvalue weighted by Crippen LogP contribution is -2.33. The highest BCUT2D eigenvalue weighted by atomic mass is 28.4. The van der Waals surface area contributed by atoms with Gasteiger partial charge >= 0.3 is 0 Å². The molecule has 0 aliphatic carbocycles. The standard InChI is InChI=1S/C11H14OSi/c1-4-13(3,5-2)12-11-9-7-6-8-10-11/h4-10H,1-2H2,3H3. The lowest BCUT2D eigenvalue weighted by molar-refractivity contribution is 0.569. The Morgan fingerprint density at radius 3 is 2.15 bits per heavy atom. The van der Waals surface area contributed by atoms with Crippen LogP contribution in [0.1, 0.15) is 0 Å². The maximum Gasteiger partial charge on any atom is 0.296 e. The second-order valence-electron chi connectivity index (χ2n) is 3.01. The molecule has 0 N–H and O–H groups in total. The summed E-state index contributed by atoms with van der Waals surface area (Å²) in [5.74, 6) is 0.886. The number of hydrogen-bond acceptors (Lipinski definition) is 1. The Bertz CT molecular complexity index is 284. The van der Waals surface area contributed by atoms with Crippen LogP contribution in [0.4, 0.5) is 0 Å². The van der Waals surface area contributed by atoms with Crippen molar-refractivity contribution in [1.29, 1.82) is 0 Å². The monoisotopic (exact) mass is 190 g/mol. The van der Waals surface area contributed by atoms with Crippen molar-refractivity contribution in [2.24, 2.45) is 0 Å². The fraction of sp³-hybridized carbons (Fsp3) is 0.0909. The van der Waals surface area contributed by atoms with Gasteiger partial charge in [-0.05, 0) is 18.7 Å². The average Bonchev–Trinajstić information content (AvgIpc) is 2.19. The minimum Gasteiger partial charge on any atom is -0.536 e. The van der Waals surface area contributed by atoms with Crippen molar-refractivity contribution in [2.45, 2.75) is 6.55 Å². The van der Waals surface area contributed by atoms with E-state index in [-0.39, 0.29) is 0 Å². The Kier molecular flexibility index (Phi) is 3.09. The summed E-state index contributed by atoms with van der Waals surface area (Å²) >= 11 is 0. The molecule has 0 aromatic heterocycles. The van der Waals surface area contributed by atoms with Gasteiger partial charge in [0.15, 0.2) is 0 Å². The van der Waals surface area contributed by atoms with Gasteiger partial charge in [0.05, 0.1) is 0 Å². The van der Waals surface area contributed by atoms with Crippen LogP contribution in [0.25, 0.3) is 0 Å². The van der Waals surface area contributed by atoms with Gasteiger partial charge in [0.2, 0.25) is 0 Å². The molecule has 0 atom stereocenters. The van der Waals surface area contributed by atoms with Crippen LogP contribution in [0.15, 0.2) is 54.9 Å². The zero-order chi connectivity index (χ0) is 9.73. The number of benzene rings is 1. The van der Waals surface area contributed by atoms with Gasteiger partial charge in [-0.2, -0.15) is 0 Å². The summed E-state index contributed by atoms with van der Waals surface area (Å²) < 4.78 is 5.80. The number of hydrogen-bond donors (Lipinski definition) is 0. The van der Waals surface area contributed by atoms with Crippen LogP contribution in [0.3, 0.4) is 0 Å². The fourth-order valence-corrected chi connectivity index (χ4v) is 1.89. The summed E-state index contributed by atoms with van der Waals surface area (Å²) in [5, 5.41) is 0. The second-order valence-corrected chi connectivity index (χ2v) is 6.40. The van der Waals surface area contributed by atoms with Crippen LogP contribution in [0.5, 0.6) is 5.75 Å². The van der Waals surface area contributed by atoms with Crippen molar-refractivity contribution in [1.82, 2.24) is 0 Å². The summed E-state index contributed by atoms with van der Waals surface area (Å²) in [5.41, 5.74) is 3.74. The second kappa shape index (κ2) is 4.10. The molecule has 13 heavy (non-hydrogen) atoms. The third kappa shape index (κ3) is 2.59. The normalized spacial score (nSPS) is 10.5. The van der Waals surface area contributed by atoms with E-state index in [4.69, 9.17) is 4.43 Å². The molecule has 1 nitrogen and oxygen atoms in total. The van der Waals surface area contributed by atoms with Gasteiger partial charge in [-0.3, -0.25) is 0 Å². The SMILES string of the molecule is C=C[Si](C)(C=C)Oc1ccccc1. The fourth-order valence-electron chi connectivity index (χ4n) is 0.909. The molecule has 0 spiro atoms. The third-order valence-electron chi connectivity index (χ3n) is 1.89. The molecule has 0 saturated heterocycles. The average molecular weight is 190 g/mol. The molecule has 1 aromatic rings. The van der Waals surface area contributed by atoms with Crippen LogP contribution < -0.4 is 4.43 Å². The molecule has 0 heterocycles. The topological polar surface area (TPSA) is 9.23 Å². The van der Waals surface area contributed by atoms with E-state index in [1.165, 1.54) is 0 Å². The van der Waals surface area contributed by atoms with Gasteiger partial charge in [-0.1, -0.05) is 29.6 Å². The zero-order valence-electron chi connectivity index (χ0n) is 7.86. The van der Waals surface area contributed by atoms with Crippen LogP contribution in [0, 0.1) is 0 Å². The van der Waals surface area contributed by atoms with Crippen molar-refractivity contribution in [2.75, 3.05) is 0 Å². The number of para-hydroxylation sites is 1. The molecular weight excluding hydrogens is 176 g/mol. The highest BCUT2D eigenvalue weighted by Crippen LogP contribution is 2.16. The van der Waals surface area contributed by atoms with E-state index in [1.54, 1.807) is 0 Å². The Morgan fingerprint density at radius 2 is 1.69 bits per heavy atom. The van der Waals surface area contributed by atoms with E-state index in [2.05, 4.69) is 19.7 Å². The minimum absolute atomic E-state index is 0.886. The molecule has 1 rings (SSSR count). The van der Waals surface area contributed by atoms with Crippen LogP contribution in [-0.2, 0) is 0 Å². The molecule has 0 fully saturated rings. The Morgan fingerprint density at radius 1 is 1.15 bits per heavy atom. The molecule has 0 radical (unpaired) electrons. The van der Waals surface area contributed by atoms with Crippen LogP contribution >= 0.6 is 0 Å². The molecule has 1 aromatic carbocycles. The molecule has 0 amide bonds. The van der Waals surface area contributed by atoms with E-state index in [9.17, 15) is 0 Å². The highest BCUT2D eigenvalue weighted by Gasteiger charge is 2.21. The summed E-state index contributed by atoms with van der Waals surface area (Å²) in [6.45, 7) is 9.59. The lowest BCUT2D eigenvalue weighted by atomic mass is 10.3. The van der Waals surface area contributed by atoms with Gasteiger partial charge in [0.1, 0.15) is 5.75 Å². The summed E-state index contributed by atoms with van der Waals surface area (Å²) in [6, 6.07) is 9.76. The maximum absolute atomic E-state index is 5.80. The zero-order valence-corrected chi connectivity index (χ0v) is 8.86. The summed E-state index contributed by atoms with van der Waals surface area (Å²) in [7, 11) is -1.91. The molecule has 2 heteroatoms. The first-order valence-electron chi connectivity index (χ1n) is 4.21. The van der Waals surface area contributed by atoms with E-state index < -0.39 is 8.32 Å². The van der Waals surface area contributed by atoms with Gasteiger partial charge in [0.25, 0.3) is 8.32 Å². The lowest BCUT2D eigenvalue weighted by Gasteiger charge is -2.20. The van der Waals surface area contributed by atoms with Crippen LogP contribution in [0.2, 0.25) is 6.55 Å².